The van der Waals surface area contributed by atoms with Crippen molar-refractivity contribution in [2.45, 2.75) is 35.0 Å². The Bertz CT molecular complexity index is 1510. The first-order valence-corrected chi connectivity index (χ1v) is 16.5. The van der Waals surface area contributed by atoms with E-state index in [4.69, 9.17) is 44.3 Å². The number of morpholine rings is 1. The predicted molar refractivity (Wildman–Crippen MR) is 181 cm³/mol. The second kappa shape index (κ2) is 15.6. The molecule has 3 aromatic rings. The highest BCUT2D eigenvalue weighted by molar-refractivity contribution is 6.76. The molecular weight excluding hydrogens is 652 g/mol. The first-order chi connectivity index (χ1) is 22.1. The number of anilines is 1. The summed E-state index contributed by atoms with van der Waals surface area (Å²) >= 11 is 17.8. The van der Waals surface area contributed by atoms with Crippen LogP contribution in [0, 0.1) is 5.82 Å². The Hall–Kier alpha value is -3.14. The fraction of sp³-hybridized carbons (Fsp3) is 0.371. The molecular formula is C35H37Cl3FN3O4. The second-order valence-electron chi connectivity index (χ2n) is 11.6. The molecule has 1 heterocycles. The van der Waals surface area contributed by atoms with Crippen molar-refractivity contribution in [2.24, 2.45) is 0 Å². The van der Waals surface area contributed by atoms with Gasteiger partial charge in [0.15, 0.2) is 0 Å². The minimum atomic E-state index is -2.16. The molecule has 1 saturated heterocycles. The van der Waals surface area contributed by atoms with Crippen LogP contribution in [-0.2, 0) is 16.0 Å². The molecule has 3 aromatic carbocycles. The minimum Gasteiger partial charge on any atom is -0.493 e. The van der Waals surface area contributed by atoms with Gasteiger partial charge in [-0.3, -0.25) is 14.5 Å². The molecule has 0 spiro atoms. The van der Waals surface area contributed by atoms with E-state index in [1.165, 1.54) is 12.1 Å². The standard InChI is InChI=1S/C35H37Cl3FN3O4/c36-35(37,38)33(44)40-34(23-26-10-12-29(39)13-11-26)15-14-27(24-34)25-42(32(43)28-6-2-1-3-7-28)30-8-4-9-31(22-30)46-19-5-16-41-17-20-45-21-18-41/h1-4,6-13,22,24H,5,14-21,23,25H2,(H,40,44). The molecule has 0 saturated carbocycles. The molecule has 1 N–H and O–H groups in total. The molecule has 2 aliphatic rings. The van der Waals surface area contributed by atoms with E-state index >= 15 is 0 Å². The van der Waals surface area contributed by atoms with Crippen molar-refractivity contribution in [3.8, 4) is 5.75 Å². The van der Waals surface area contributed by atoms with Crippen LogP contribution in [0.4, 0.5) is 10.1 Å². The summed E-state index contributed by atoms with van der Waals surface area (Å²) in [5.74, 6) is -0.615. The van der Waals surface area contributed by atoms with Gasteiger partial charge in [-0.15, -0.1) is 0 Å². The minimum absolute atomic E-state index is 0.174. The Kier molecular flexibility index (Phi) is 11.6. The van der Waals surface area contributed by atoms with Crippen LogP contribution >= 0.6 is 34.8 Å². The number of halogens is 4. The van der Waals surface area contributed by atoms with E-state index in [1.807, 2.05) is 48.5 Å². The van der Waals surface area contributed by atoms with E-state index in [9.17, 15) is 14.0 Å². The molecule has 1 aliphatic heterocycles. The topological polar surface area (TPSA) is 71.1 Å². The number of alkyl halides is 3. The molecule has 1 fully saturated rings. The summed E-state index contributed by atoms with van der Waals surface area (Å²) in [6.07, 6.45) is 4.26. The van der Waals surface area contributed by atoms with Crippen LogP contribution in [0.5, 0.6) is 5.75 Å². The third-order valence-electron chi connectivity index (χ3n) is 8.17. The van der Waals surface area contributed by atoms with Crippen molar-refractivity contribution in [3.63, 3.8) is 0 Å². The Labute approximate surface area is 284 Å². The maximum atomic E-state index is 14.0. The van der Waals surface area contributed by atoms with Crippen LogP contribution < -0.4 is 15.0 Å². The van der Waals surface area contributed by atoms with E-state index in [0.717, 1.165) is 50.4 Å². The summed E-state index contributed by atoms with van der Waals surface area (Å²) in [4.78, 5) is 30.9. The average Bonchev–Trinajstić information content (AvgIpc) is 3.45. The summed E-state index contributed by atoms with van der Waals surface area (Å²) in [6, 6.07) is 22.7. The monoisotopic (exact) mass is 687 g/mol. The number of benzene rings is 3. The van der Waals surface area contributed by atoms with Gasteiger partial charge in [-0.2, -0.15) is 0 Å². The van der Waals surface area contributed by atoms with Crippen LogP contribution in [0.3, 0.4) is 0 Å². The average molecular weight is 689 g/mol. The maximum absolute atomic E-state index is 14.0. The molecule has 1 unspecified atom stereocenters. The molecule has 0 radical (unpaired) electrons. The molecule has 11 heteroatoms. The fourth-order valence-electron chi connectivity index (χ4n) is 5.85. The summed E-state index contributed by atoms with van der Waals surface area (Å²) in [5.41, 5.74) is 2.05. The molecule has 1 aliphatic carbocycles. The van der Waals surface area contributed by atoms with E-state index in [0.29, 0.717) is 42.9 Å². The van der Waals surface area contributed by atoms with Crippen LogP contribution in [0.1, 0.15) is 35.2 Å². The number of hydrogen-bond donors (Lipinski definition) is 1. The van der Waals surface area contributed by atoms with Gasteiger partial charge >= 0.3 is 0 Å². The Morgan fingerprint density at radius 1 is 1.00 bits per heavy atom. The number of carbonyl (C=O) groups excluding carboxylic acids is 2. The predicted octanol–water partition coefficient (Wildman–Crippen LogP) is 6.76. The van der Waals surface area contributed by atoms with Gasteiger partial charge in [0.2, 0.25) is 0 Å². The van der Waals surface area contributed by atoms with E-state index in [1.54, 1.807) is 29.2 Å². The van der Waals surface area contributed by atoms with Crippen molar-refractivity contribution in [1.29, 1.82) is 0 Å². The third-order valence-corrected chi connectivity index (χ3v) is 8.69. The van der Waals surface area contributed by atoms with Gasteiger partial charge in [0.25, 0.3) is 15.6 Å². The summed E-state index contributed by atoms with van der Waals surface area (Å²) in [5, 5.41) is 2.92. The Morgan fingerprint density at radius 3 is 2.46 bits per heavy atom. The molecule has 0 bridgehead atoms. The molecule has 244 valence electrons. The molecule has 1 atom stereocenters. The highest BCUT2D eigenvalue weighted by atomic mass is 35.6. The SMILES string of the molecule is O=C(c1ccccc1)N(CC1=CC(Cc2ccc(F)cc2)(NC(=O)C(Cl)(Cl)Cl)CC1)c1cccc(OCCCN2CCOCC2)c1. The van der Waals surface area contributed by atoms with E-state index in [-0.39, 0.29) is 18.3 Å². The van der Waals surface area contributed by atoms with Crippen molar-refractivity contribution in [2.75, 3.05) is 50.9 Å². The first-order valence-electron chi connectivity index (χ1n) is 15.3. The highest BCUT2D eigenvalue weighted by Gasteiger charge is 2.41. The summed E-state index contributed by atoms with van der Waals surface area (Å²) in [6.45, 7) is 5.14. The zero-order chi connectivity index (χ0) is 32.6. The van der Waals surface area contributed by atoms with Crippen LogP contribution in [-0.4, -0.2) is 72.0 Å². The molecule has 5 rings (SSSR count). The molecule has 7 nitrogen and oxygen atoms in total. The van der Waals surface area contributed by atoms with Crippen LogP contribution in [0.15, 0.2) is 90.5 Å². The van der Waals surface area contributed by atoms with Crippen LogP contribution in [0.2, 0.25) is 0 Å². The Balaban J connectivity index is 1.37. The van der Waals surface area contributed by atoms with E-state index < -0.39 is 15.2 Å². The zero-order valence-corrected chi connectivity index (χ0v) is 27.7. The fourth-order valence-corrected chi connectivity index (χ4v) is 5.99. The van der Waals surface area contributed by atoms with Gasteiger partial charge < -0.3 is 19.7 Å². The highest BCUT2D eigenvalue weighted by Crippen LogP contribution is 2.36. The van der Waals surface area contributed by atoms with Crippen molar-refractivity contribution < 1.29 is 23.5 Å². The summed E-state index contributed by atoms with van der Waals surface area (Å²) < 4.78 is 23.0. The zero-order valence-electron chi connectivity index (χ0n) is 25.4. The Morgan fingerprint density at radius 2 is 1.74 bits per heavy atom. The van der Waals surface area contributed by atoms with Crippen molar-refractivity contribution in [1.82, 2.24) is 10.2 Å². The van der Waals surface area contributed by atoms with Crippen LogP contribution in [0.25, 0.3) is 0 Å². The lowest BCUT2D eigenvalue weighted by atomic mass is 9.90. The molecule has 2 amide bonds. The first kappa shape index (κ1) is 34.2. The largest absolute Gasteiger partial charge is 0.493 e. The quantitative estimate of drug-likeness (QED) is 0.129. The number of carbonyl (C=O) groups is 2. The van der Waals surface area contributed by atoms with E-state index in [2.05, 4.69) is 10.2 Å². The number of ether oxygens (including phenoxy) is 2. The van der Waals surface area contributed by atoms with Gasteiger partial charge in [-0.1, -0.05) is 82.9 Å². The third kappa shape index (κ3) is 9.46. The number of hydrogen-bond acceptors (Lipinski definition) is 5. The lowest BCUT2D eigenvalue weighted by Crippen LogP contribution is -2.51. The van der Waals surface area contributed by atoms with Crippen molar-refractivity contribution in [3.05, 3.63) is 107 Å². The van der Waals surface area contributed by atoms with Gasteiger partial charge in [-0.05, 0) is 67.6 Å². The van der Waals surface area contributed by atoms with Gasteiger partial charge in [0, 0.05) is 43.5 Å². The maximum Gasteiger partial charge on any atom is 0.272 e. The number of nitrogens with one attached hydrogen (secondary N) is 1. The normalized spacial score (nSPS) is 18.6. The van der Waals surface area contributed by atoms with Crippen molar-refractivity contribution >= 4 is 52.3 Å². The number of amides is 2. The molecule has 0 aromatic heterocycles. The molecule has 46 heavy (non-hydrogen) atoms. The van der Waals surface area contributed by atoms with Gasteiger partial charge in [0.1, 0.15) is 11.6 Å². The van der Waals surface area contributed by atoms with Gasteiger partial charge in [0.05, 0.1) is 25.4 Å². The smallest absolute Gasteiger partial charge is 0.272 e. The second-order valence-corrected chi connectivity index (χ2v) is 13.9. The summed E-state index contributed by atoms with van der Waals surface area (Å²) in [7, 11) is 0. The lowest BCUT2D eigenvalue weighted by Gasteiger charge is -2.30. The number of nitrogens with zero attached hydrogens (tertiary/aromatic N) is 2. The number of rotatable bonds is 12. The lowest BCUT2D eigenvalue weighted by molar-refractivity contribution is -0.121. The van der Waals surface area contributed by atoms with Gasteiger partial charge in [-0.25, -0.2) is 4.39 Å².